The van der Waals surface area contributed by atoms with Crippen LogP contribution in [0.5, 0.6) is 0 Å². The molecular weight excluding hydrogens is 192 g/mol. The first-order valence-electron chi connectivity index (χ1n) is 4.74. The van der Waals surface area contributed by atoms with Crippen LogP contribution < -0.4 is 5.73 Å². The van der Waals surface area contributed by atoms with Crippen molar-refractivity contribution in [2.75, 3.05) is 0 Å². The molecule has 0 saturated carbocycles. The monoisotopic (exact) mass is 208 g/mol. The second kappa shape index (κ2) is 5.14. The first kappa shape index (κ1) is 11.2. The van der Waals surface area contributed by atoms with Gasteiger partial charge in [-0.3, -0.25) is 0 Å². The van der Waals surface area contributed by atoms with Crippen LogP contribution >= 0.6 is 11.3 Å². The van der Waals surface area contributed by atoms with Gasteiger partial charge in [0, 0.05) is 17.3 Å². The highest BCUT2D eigenvalue weighted by atomic mass is 32.1. The minimum atomic E-state index is 0.0991. The Morgan fingerprint density at radius 3 is 2.71 bits per heavy atom. The fraction of sp³-hybridized carbons (Fsp3) is 0.545. The largest absolute Gasteiger partial charge is 0.323 e. The van der Waals surface area contributed by atoms with Crippen molar-refractivity contribution in [1.29, 1.82) is 0 Å². The molecule has 0 aliphatic rings. The van der Waals surface area contributed by atoms with E-state index in [0.717, 1.165) is 23.5 Å². The van der Waals surface area contributed by atoms with Crippen molar-refractivity contribution in [3.8, 4) is 11.8 Å². The van der Waals surface area contributed by atoms with Gasteiger partial charge in [0.2, 0.25) is 0 Å². The molecule has 0 radical (unpaired) electrons. The van der Waals surface area contributed by atoms with Crippen LogP contribution in [0.25, 0.3) is 0 Å². The predicted octanol–water partition coefficient (Wildman–Crippen LogP) is 2.56. The van der Waals surface area contributed by atoms with Gasteiger partial charge in [0.05, 0.1) is 10.7 Å². The predicted molar refractivity (Wildman–Crippen MR) is 61.2 cm³/mol. The zero-order valence-electron chi connectivity index (χ0n) is 8.92. The first-order chi connectivity index (χ1) is 6.65. The highest BCUT2D eigenvalue weighted by Gasteiger charge is 2.12. The van der Waals surface area contributed by atoms with E-state index in [1.807, 2.05) is 20.8 Å². The molecule has 0 aromatic carbocycles. The van der Waals surface area contributed by atoms with E-state index in [1.54, 1.807) is 11.3 Å². The number of thiazole rings is 1. The summed E-state index contributed by atoms with van der Waals surface area (Å²) in [6.45, 7) is 5.89. The molecule has 0 aliphatic carbocycles. The van der Waals surface area contributed by atoms with E-state index in [-0.39, 0.29) is 6.04 Å². The molecule has 3 heteroatoms. The Labute approximate surface area is 89.6 Å². The van der Waals surface area contributed by atoms with E-state index >= 15 is 0 Å². The van der Waals surface area contributed by atoms with Gasteiger partial charge in [-0.1, -0.05) is 0 Å². The minimum absolute atomic E-state index is 0.0991. The number of nitrogens with two attached hydrogens (primary N) is 1. The zero-order valence-corrected chi connectivity index (χ0v) is 9.74. The van der Waals surface area contributed by atoms with Crippen LogP contribution in [0.3, 0.4) is 0 Å². The fourth-order valence-corrected chi connectivity index (χ4v) is 2.34. The third-order valence-electron chi connectivity index (χ3n) is 2.03. The van der Waals surface area contributed by atoms with Crippen molar-refractivity contribution in [1.82, 2.24) is 4.98 Å². The first-order valence-corrected chi connectivity index (χ1v) is 5.56. The molecule has 1 rings (SSSR count). The lowest BCUT2D eigenvalue weighted by Crippen LogP contribution is -2.09. The molecule has 0 fully saturated rings. The Morgan fingerprint density at radius 2 is 2.21 bits per heavy atom. The van der Waals surface area contributed by atoms with E-state index < -0.39 is 0 Å². The van der Waals surface area contributed by atoms with E-state index in [0.29, 0.717) is 0 Å². The van der Waals surface area contributed by atoms with Gasteiger partial charge in [-0.25, -0.2) is 4.98 Å². The van der Waals surface area contributed by atoms with Crippen LogP contribution in [0.4, 0.5) is 0 Å². The SMILES string of the molecule is CC#CCCC(N)c1sc(C)nc1C. The van der Waals surface area contributed by atoms with Gasteiger partial charge in [-0.15, -0.1) is 23.2 Å². The van der Waals surface area contributed by atoms with Crippen molar-refractivity contribution in [3.63, 3.8) is 0 Å². The van der Waals surface area contributed by atoms with Crippen molar-refractivity contribution in [2.24, 2.45) is 5.73 Å². The summed E-state index contributed by atoms with van der Waals surface area (Å²) in [6.07, 6.45) is 1.79. The minimum Gasteiger partial charge on any atom is -0.323 e. The summed E-state index contributed by atoms with van der Waals surface area (Å²) >= 11 is 1.70. The molecule has 0 saturated heterocycles. The maximum atomic E-state index is 6.05. The maximum absolute atomic E-state index is 6.05. The van der Waals surface area contributed by atoms with E-state index in [4.69, 9.17) is 5.73 Å². The molecule has 0 amide bonds. The van der Waals surface area contributed by atoms with Crippen molar-refractivity contribution < 1.29 is 0 Å². The number of aromatic nitrogens is 1. The topological polar surface area (TPSA) is 38.9 Å². The molecule has 0 bridgehead atoms. The Hall–Kier alpha value is -0.850. The lowest BCUT2D eigenvalue weighted by molar-refractivity contribution is 0.673. The zero-order chi connectivity index (χ0) is 10.6. The lowest BCUT2D eigenvalue weighted by atomic mass is 10.1. The highest BCUT2D eigenvalue weighted by molar-refractivity contribution is 7.11. The number of rotatable bonds is 3. The maximum Gasteiger partial charge on any atom is 0.0900 e. The van der Waals surface area contributed by atoms with Crippen LogP contribution in [0.2, 0.25) is 0 Å². The van der Waals surface area contributed by atoms with Crippen LogP contribution in [0, 0.1) is 25.7 Å². The summed E-state index contributed by atoms with van der Waals surface area (Å²) in [5, 5.41) is 1.09. The third-order valence-corrected chi connectivity index (χ3v) is 3.24. The van der Waals surface area contributed by atoms with Gasteiger partial charge in [-0.05, 0) is 27.2 Å². The molecule has 14 heavy (non-hydrogen) atoms. The Bertz CT molecular complexity index is 357. The van der Waals surface area contributed by atoms with Crippen molar-refractivity contribution in [3.05, 3.63) is 15.6 Å². The summed E-state index contributed by atoms with van der Waals surface area (Å²) in [5.41, 5.74) is 7.13. The molecule has 1 heterocycles. The van der Waals surface area contributed by atoms with Crippen LogP contribution in [0.1, 0.15) is 41.4 Å². The highest BCUT2D eigenvalue weighted by Crippen LogP contribution is 2.25. The molecule has 0 aliphatic heterocycles. The lowest BCUT2D eigenvalue weighted by Gasteiger charge is -2.07. The molecule has 0 spiro atoms. The average Bonchev–Trinajstić information content (AvgIpc) is 2.45. The van der Waals surface area contributed by atoms with Gasteiger partial charge in [0.1, 0.15) is 0 Å². The number of nitrogens with zero attached hydrogens (tertiary/aromatic N) is 1. The van der Waals surface area contributed by atoms with E-state index in [9.17, 15) is 0 Å². The summed E-state index contributed by atoms with van der Waals surface area (Å²) in [7, 11) is 0. The van der Waals surface area contributed by atoms with Gasteiger partial charge in [-0.2, -0.15) is 0 Å². The average molecular weight is 208 g/mol. The number of hydrogen-bond donors (Lipinski definition) is 1. The quantitative estimate of drug-likeness (QED) is 0.775. The number of aryl methyl sites for hydroxylation is 2. The van der Waals surface area contributed by atoms with Crippen molar-refractivity contribution in [2.45, 2.75) is 39.7 Å². The summed E-state index contributed by atoms with van der Waals surface area (Å²) in [5.74, 6) is 5.91. The van der Waals surface area contributed by atoms with Gasteiger partial charge in [0.25, 0.3) is 0 Å². The third kappa shape index (κ3) is 2.83. The van der Waals surface area contributed by atoms with Crippen molar-refractivity contribution >= 4 is 11.3 Å². The van der Waals surface area contributed by atoms with E-state index in [2.05, 4.69) is 16.8 Å². The molecule has 2 nitrogen and oxygen atoms in total. The molecule has 76 valence electrons. The van der Waals surface area contributed by atoms with E-state index in [1.165, 1.54) is 4.88 Å². The normalized spacial score (nSPS) is 12.0. The summed E-state index contributed by atoms with van der Waals surface area (Å²) < 4.78 is 0. The Kier molecular flexibility index (Phi) is 4.12. The number of hydrogen-bond acceptors (Lipinski definition) is 3. The van der Waals surface area contributed by atoms with Crippen LogP contribution in [-0.2, 0) is 0 Å². The Balaban J connectivity index is 2.62. The molecule has 1 aromatic rings. The fourth-order valence-electron chi connectivity index (χ4n) is 1.37. The van der Waals surface area contributed by atoms with Crippen LogP contribution in [-0.4, -0.2) is 4.98 Å². The van der Waals surface area contributed by atoms with Crippen LogP contribution in [0.15, 0.2) is 0 Å². The molecule has 1 unspecified atom stereocenters. The second-order valence-electron chi connectivity index (χ2n) is 3.25. The summed E-state index contributed by atoms with van der Waals surface area (Å²) in [4.78, 5) is 5.57. The summed E-state index contributed by atoms with van der Waals surface area (Å²) in [6, 6.07) is 0.0991. The van der Waals surface area contributed by atoms with Gasteiger partial charge < -0.3 is 5.73 Å². The molecule has 1 aromatic heterocycles. The molecular formula is C11H16N2S. The Morgan fingerprint density at radius 1 is 1.50 bits per heavy atom. The molecule has 1 atom stereocenters. The van der Waals surface area contributed by atoms with Gasteiger partial charge >= 0.3 is 0 Å². The van der Waals surface area contributed by atoms with Gasteiger partial charge in [0.15, 0.2) is 0 Å². The smallest absolute Gasteiger partial charge is 0.0900 e. The standard InChI is InChI=1S/C11H16N2S/c1-4-5-6-7-10(12)11-8(2)13-9(3)14-11/h10H,6-7,12H2,1-3H3. The molecule has 2 N–H and O–H groups in total. The second-order valence-corrected chi connectivity index (χ2v) is 4.49.